The van der Waals surface area contributed by atoms with Gasteiger partial charge in [-0.05, 0) is 29.7 Å². The van der Waals surface area contributed by atoms with Crippen LogP contribution in [-0.2, 0) is 13.0 Å². The van der Waals surface area contributed by atoms with Gasteiger partial charge in [-0.2, -0.15) is 0 Å². The molecular weight excluding hydrogens is 366 g/mol. The van der Waals surface area contributed by atoms with Crippen molar-refractivity contribution in [3.05, 3.63) is 83.5 Å². The number of carboxylic acids is 1. The average molecular weight is 389 g/mol. The molecule has 0 saturated heterocycles. The van der Waals surface area contributed by atoms with Crippen molar-refractivity contribution in [2.45, 2.75) is 33.2 Å². The number of allylic oxidation sites excluding steroid dienone is 2. The van der Waals surface area contributed by atoms with Crippen molar-refractivity contribution in [2.75, 3.05) is 0 Å². The fourth-order valence-electron chi connectivity index (χ4n) is 3.04. The van der Waals surface area contributed by atoms with Crippen LogP contribution >= 0.6 is 0 Å². The van der Waals surface area contributed by atoms with Crippen LogP contribution in [0.3, 0.4) is 0 Å². The van der Waals surface area contributed by atoms with Gasteiger partial charge in [0.15, 0.2) is 0 Å². The molecule has 0 fully saturated rings. The standard InChI is InChI=1S/C23H23N3O3/c1-3-5-10-21-24-22(20(27)4-2)25-26(21)15-16-11-13-17(14-12-16)18-8-6-7-9-19(18)23(28)29/h3,5-9,11-14H,4,10,15H2,1-2H3,(H,28,29)/b5-3+. The van der Waals surface area contributed by atoms with Crippen LogP contribution in [-0.4, -0.2) is 31.6 Å². The molecule has 0 amide bonds. The van der Waals surface area contributed by atoms with Gasteiger partial charge in [0.2, 0.25) is 11.6 Å². The predicted octanol–water partition coefficient (Wildman–Crippen LogP) is 4.40. The Morgan fingerprint density at radius 3 is 2.48 bits per heavy atom. The van der Waals surface area contributed by atoms with Gasteiger partial charge in [-0.1, -0.05) is 61.5 Å². The van der Waals surface area contributed by atoms with Gasteiger partial charge in [-0.25, -0.2) is 14.5 Å². The van der Waals surface area contributed by atoms with Crippen LogP contribution in [0.15, 0.2) is 60.7 Å². The van der Waals surface area contributed by atoms with Crippen LogP contribution < -0.4 is 0 Å². The highest BCUT2D eigenvalue weighted by atomic mass is 16.4. The molecule has 0 radical (unpaired) electrons. The zero-order valence-corrected chi connectivity index (χ0v) is 16.5. The minimum Gasteiger partial charge on any atom is -0.478 e. The van der Waals surface area contributed by atoms with E-state index in [4.69, 9.17) is 0 Å². The second kappa shape index (κ2) is 9.10. The summed E-state index contributed by atoms with van der Waals surface area (Å²) < 4.78 is 1.75. The summed E-state index contributed by atoms with van der Waals surface area (Å²) in [6.45, 7) is 4.21. The lowest BCUT2D eigenvalue weighted by Crippen LogP contribution is -2.07. The zero-order valence-electron chi connectivity index (χ0n) is 16.5. The van der Waals surface area contributed by atoms with Crippen molar-refractivity contribution in [3.63, 3.8) is 0 Å². The van der Waals surface area contributed by atoms with E-state index in [0.717, 1.165) is 17.0 Å². The van der Waals surface area contributed by atoms with Gasteiger partial charge in [-0.15, -0.1) is 5.10 Å². The quantitative estimate of drug-likeness (QED) is 0.456. The van der Waals surface area contributed by atoms with Crippen LogP contribution in [0.5, 0.6) is 0 Å². The Morgan fingerprint density at radius 2 is 1.83 bits per heavy atom. The molecular formula is C23H23N3O3. The maximum absolute atomic E-state index is 12.0. The summed E-state index contributed by atoms with van der Waals surface area (Å²) in [5.74, 6) is -0.0423. The third kappa shape index (κ3) is 4.66. The van der Waals surface area contributed by atoms with Crippen LogP contribution in [0.1, 0.15) is 52.6 Å². The average Bonchev–Trinajstić information content (AvgIpc) is 3.14. The summed E-state index contributed by atoms with van der Waals surface area (Å²) in [6, 6.07) is 14.6. The lowest BCUT2D eigenvalue weighted by molar-refractivity contribution is 0.0697. The van der Waals surface area contributed by atoms with E-state index in [9.17, 15) is 14.7 Å². The zero-order chi connectivity index (χ0) is 20.8. The number of ketones is 1. The lowest BCUT2D eigenvalue weighted by atomic mass is 9.99. The van der Waals surface area contributed by atoms with E-state index in [1.807, 2.05) is 49.4 Å². The topological polar surface area (TPSA) is 85.1 Å². The molecule has 0 aliphatic rings. The van der Waals surface area contributed by atoms with Crippen molar-refractivity contribution in [1.29, 1.82) is 0 Å². The molecule has 0 atom stereocenters. The van der Waals surface area contributed by atoms with Crippen molar-refractivity contribution < 1.29 is 14.7 Å². The van der Waals surface area contributed by atoms with Crippen LogP contribution in [0, 0.1) is 0 Å². The van der Waals surface area contributed by atoms with E-state index in [1.54, 1.807) is 29.8 Å². The molecule has 29 heavy (non-hydrogen) atoms. The minimum atomic E-state index is -0.950. The Hall–Kier alpha value is -3.54. The van der Waals surface area contributed by atoms with E-state index < -0.39 is 5.97 Å². The summed E-state index contributed by atoms with van der Waals surface area (Å²) in [5.41, 5.74) is 2.77. The van der Waals surface area contributed by atoms with E-state index >= 15 is 0 Å². The van der Waals surface area contributed by atoms with Crippen molar-refractivity contribution in [1.82, 2.24) is 14.8 Å². The Morgan fingerprint density at radius 1 is 1.10 bits per heavy atom. The first kappa shape index (κ1) is 20.2. The minimum absolute atomic E-state index is 0.0777. The third-order valence-corrected chi connectivity index (χ3v) is 4.61. The Kier molecular flexibility index (Phi) is 6.34. The Balaban J connectivity index is 1.87. The number of carbonyl (C=O) groups is 2. The van der Waals surface area contributed by atoms with Gasteiger partial charge in [0.25, 0.3) is 0 Å². The van der Waals surface area contributed by atoms with Gasteiger partial charge in [0.05, 0.1) is 12.1 Å². The van der Waals surface area contributed by atoms with Crippen molar-refractivity contribution in [3.8, 4) is 11.1 Å². The SMILES string of the molecule is C/C=C/Cc1nc(C(=O)CC)nn1Cc1ccc(-c2ccccc2C(=O)O)cc1. The molecule has 0 spiro atoms. The molecule has 3 rings (SSSR count). The van der Waals surface area contributed by atoms with Gasteiger partial charge >= 0.3 is 5.97 Å². The number of aromatic carboxylic acids is 1. The van der Waals surface area contributed by atoms with Crippen LogP contribution in [0.25, 0.3) is 11.1 Å². The highest BCUT2D eigenvalue weighted by molar-refractivity contribution is 5.96. The maximum atomic E-state index is 12.0. The van der Waals surface area contributed by atoms with Crippen molar-refractivity contribution >= 4 is 11.8 Å². The molecule has 148 valence electrons. The highest BCUT2D eigenvalue weighted by Gasteiger charge is 2.15. The first-order valence-corrected chi connectivity index (χ1v) is 9.53. The highest BCUT2D eigenvalue weighted by Crippen LogP contribution is 2.24. The molecule has 0 aliphatic heterocycles. The molecule has 0 saturated carbocycles. The number of hydrogen-bond donors (Lipinski definition) is 1. The normalized spacial score (nSPS) is 11.1. The van der Waals surface area contributed by atoms with E-state index in [-0.39, 0.29) is 17.2 Å². The molecule has 1 heterocycles. The predicted molar refractivity (Wildman–Crippen MR) is 111 cm³/mol. The first-order chi connectivity index (χ1) is 14.0. The molecule has 0 aliphatic carbocycles. The first-order valence-electron chi connectivity index (χ1n) is 9.53. The number of nitrogens with zero attached hydrogens (tertiary/aromatic N) is 3. The van der Waals surface area contributed by atoms with Gasteiger partial charge in [-0.3, -0.25) is 4.79 Å². The molecule has 0 bridgehead atoms. The Bertz CT molecular complexity index is 1050. The summed E-state index contributed by atoms with van der Waals surface area (Å²) in [4.78, 5) is 27.8. The molecule has 0 unspecified atom stereocenters. The fourth-order valence-corrected chi connectivity index (χ4v) is 3.04. The number of rotatable bonds is 8. The van der Waals surface area contributed by atoms with Crippen LogP contribution in [0.4, 0.5) is 0 Å². The van der Waals surface area contributed by atoms with Crippen LogP contribution in [0.2, 0.25) is 0 Å². The lowest BCUT2D eigenvalue weighted by Gasteiger charge is -2.08. The molecule has 2 aromatic carbocycles. The molecule has 3 aromatic rings. The fraction of sp³-hybridized carbons (Fsp3) is 0.217. The number of benzene rings is 2. The largest absolute Gasteiger partial charge is 0.478 e. The molecule has 1 aromatic heterocycles. The second-order valence-electron chi connectivity index (χ2n) is 6.61. The smallest absolute Gasteiger partial charge is 0.336 e. The summed E-state index contributed by atoms with van der Waals surface area (Å²) in [6.07, 6.45) is 4.89. The summed E-state index contributed by atoms with van der Waals surface area (Å²) in [5, 5.41) is 13.8. The summed E-state index contributed by atoms with van der Waals surface area (Å²) in [7, 11) is 0. The Labute approximate surface area is 169 Å². The van der Waals surface area contributed by atoms with Crippen molar-refractivity contribution in [2.24, 2.45) is 0 Å². The third-order valence-electron chi connectivity index (χ3n) is 4.61. The molecule has 6 nitrogen and oxygen atoms in total. The van der Waals surface area contributed by atoms with E-state index in [0.29, 0.717) is 24.9 Å². The number of Topliss-reactive ketones (excluding diaryl/α,β-unsaturated/α-hetero) is 1. The molecule has 1 N–H and O–H groups in total. The number of aromatic nitrogens is 3. The van der Waals surface area contributed by atoms with Gasteiger partial charge < -0.3 is 5.11 Å². The maximum Gasteiger partial charge on any atom is 0.336 e. The number of hydrogen-bond acceptors (Lipinski definition) is 4. The van der Waals surface area contributed by atoms with Gasteiger partial charge in [0.1, 0.15) is 5.82 Å². The van der Waals surface area contributed by atoms with E-state index in [2.05, 4.69) is 10.1 Å². The summed E-state index contributed by atoms with van der Waals surface area (Å²) >= 11 is 0. The number of carbonyl (C=O) groups excluding carboxylic acids is 1. The van der Waals surface area contributed by atoms with E-state index in [1.165, 1.54) is 0 Å². The molecule has 6 heteroatoms. The van der Waals surface area contributed by atoms with Gasteiger partial charge in [0, 0.05) is 12.8 Å². The monoisotopic (exact) mass is 389 g/mol. The number of carboxylic acid groups (broad SMARTS) is 1. The second-order valence-corrected chi connectivity index (χ2v) is 6.61.